The fourth-order valence-corrected chi connectivity index (χ4v) is 2.36. The molecule has 1 N–H and O–H groups in total. The number of amides is 1. The Labute approximate surface area is 136 Å². The van der Waals surface area contributed by atoms with Crippen molar-refractivity contribution in [2.24, 2.45) is 5.16 Å². The van der Waals surface area contributed by atoms with Crippen molar-refractivity contribution in [1.29, 1.82) is 0 Å². The fourth-order valence-electron chi connectivity index (χ4n) is 2.36. The molecule has 3 rings (SSSR count). The summed E-state index contributed by atoms with van der Waals surface area (Å²) in [5.74, 6) is -1.88. The minimum atomic E-state index is -1.04. The monoisotopic (exact) mass is 332 g/mol. The highest BCUT2D eigenvalue weighted by Crippen LogP contribution is 2.25. The van der Waals surface area contributed by atoms with Crippen molar-refractivity contribution in [3.05, 3.63) is 59.7 Å². The number of oxime groups is 1. The number of rotatable bonds is 4. The lowest BCUT2D eigenvalue weighted by Gasteiger charge is -2.10. The number of hydrogen-bond donors (Lipinski definition) is 1. The predicted octanol–water partition coefficient (Wildman–Crippen LogP) is 3.11. The van der Waals surface area contributed by atoms with Gasteiger partial charge in [0.1, 0.15) is 5.75 Å². The predicted molar refractivity (Wildman–Crippen MR) is 84.0 cm³/mol. The molecule has 0 aliphatic carbocycles. The van der Waals surface area contributed by atoms with E-state index < -0.39 is 23.6 Å². The summed E-state index contributed by atoms with van der Waals surface area (Å²) in [6, 6.07) is 10.4. The number of methoxy groups -OCH3 is 1. The van der Waals surface area contributed by atoms with Crippen LogP contribution in [-0.2, 0) is 9.63 Å². The number of halogens is 2. The molecule has 0 fully saturated rings. The number of nitrogens with one attached hydrogen (secondary N) is 1. The summed E-state index contributed by atoms with van der Waals surface area (Å²) in [5.41, 5.74) is 1.47. The molecule has 1 unspecified atom stereocenters. The number of carbonyl (C=O) groups is 1. The number of anilines is 1. The standard InChI is InChI=1S/C17H14F2N2O3/c1-23-15-5-3-2-4-11(15)14-9-16(24-21-14)17(22)20-10-6-7-12(18)13(19)8-10/h2-8,16H,9H2,1H3,(H,20,22). The largest absolute Gasteiger partial charge is 0.496 e. The first kappa shape index (κ1) is 15.9. The topological polar surface area (TPSA) is 59.9 Å². The molecule has 1 aliphatic rings. The van der Waals surface area contributed by atoms with Crippen molar-refractivity contribution >= 4 is 17.3 Å². The van der Waals surface area contributed by atoms with Crippen LogP contribution < -0.4 is 10.1 Å². The number of para-hydroxylation sites is 1. The maximum Gasteiger partial charge on any atom is 0.268 e. The van der Waals surface area contributed by atoms with E-state index >= 15 is 0 Å². The summed E-state index contributed by atoms with van der Waals surface area (Å²) in [6.45, 7) is 0. The first-order chi connectivity index (χ1) is 11.6. The van der Waals surface area contributed by atoms with Gasteiger partial charge >= 0.3 is 0 Å². The lowest BCUT2D eigenvalue weighted by Crippen LogP contribution is -2.28. The zero-order valence-electron chi connectivity index (χ0n) is 12.8. The first-order valence-corrected chi connectivity index (χ1v) is 7.20. The smallest absolute Gasteiger partial charge is 0.268 e. The average Bonchev–Trinajstić information content (AvgIpc) is 3.08. The van der Waals surface area contributed by atoms with Gasteiger partial charge in [-0.2, -0.15) is 0 Å². The zero-order valence-corrected chi connectivity index (χ0v) is 12.8. The maximum absolute atomic E-state index is 13.2. The second-order valence-electron chi connectivity index (χ2n) is 5.15. The van der Waals surface area contributed by atoms with Crippen LogP contribution >= 0.6 is 0 Å². The Morgan fingerprint density at radius 1 is 1.25 bits per heavy atom. The second-order valence-corrected chi connectivity index (χ2v) is 5.15. The van der Waals surface area contributed by atoms with E-state index in [2.05, 4.69) is 10.5 Å². The molecule has 7 heteroatoms. The van der Waals surface area contributed by atoms with Crippen molar-refractivity contribution in [3.63, 3.8) is 0 Å². The van der Waals surface area contributed by atoms with Gasteiger partial charge in [0.15, 0.2) is 11.6 Å². The van der Waals surface area contributed by atoms with E-state index in [1.54, 1.807) is 13.2 Å². The van der Waals surface area contributed by atoms with E-state index in [4.69, 9.17) is 9.57 Å². The quantitative estimate of drug-likeness (QED) is 0.936. The van der Waals surface area contributed by atoms with Crippen LogP contribution in [0.5, 0.6) is 5.75 Å². The molecule has 1 heterocycles. The van der Waals surface area contributed by atoms with E-state index in [0.717, 1.165) is 17.7 Å². The Morgan fingerprint density at radius 2 is 2.04 bits per heavy atom. The molecule has 2 aromatic rings. The van der Waals surface area contributed by atoms with Crippen molar-refractivity contribution in [1.82, 2.24) is 0 Å². The Hall–Kier alpha value is -2.96. The van der Waals surface area contributed by atoms with Crippen LogP contribution in [0, 0.1) is 11.6 Å². The molecule has 1 atom stereocenters. The molecule has 124 valence electrons. The van der Waals surface area contributed by atoms with Crippen molar-refractivity contribution in [2.45, 2.75) is 12.5 Å². The van der Waals surface area contributed by atoms with Gasteiger partial charge in [-0.3, -0.25) is 4.79 Å². The van der Waals surface area contributed by atoms with Gasteiger partial charge < -0.3 is 14.9 Å². The Kier molecular flexibility index (Phi) is 4.41. The summed E-state index contributed by atoms with van der Waals surface area (Å²) in [7, 11) is 1.54. The molecule has 0 saturated carbocycles. The van der Waals surface area contributed by atoms with E-state index in [9.17, 15) is 13.6 Å². The van der Waals surface area contributed by atoms with Gasteiger partial charge in [0.2, 0.25) is 6.10 Å². The third kappa shape index (κ3) is 3.19. The highest BCUT2D eigenvalue weighted by molar-refractivity contribution is 6.07. The molecule has 0 saturated heterocycles. The van der Waals surface area contributed by atoms with E-state index in [1.807, 2.05) is 18.2 Å². The number of hydrogen-bond acceptors (Lipinski definition) is 4. The summed E-state index contributed by atoms with van der Waals surface area (Å²) >= 11 is 0. The van der Waals surface area contributed by atoms with E-state index in [1.165, 1.54) is 6.07 Å². The normalized spacial score (nSPS) is 16.3. The van der Waals surface area contributed by atoms with Crippen LogP contribution in [0.15, 0.2) is 47.6 Å². The van der Waals surface area contributed by atoms with Gasteiger partial charge in [-0.25, -0.2) is 8.78 Å². The van der Waals surface area contributed by atoms with Gasteiger partial charge in [-0.05, 0) is 24.3 Å². The van der Waals surface area contributed by atoms with Gasteiger partial charge in [0, 0.05) is 23.7 Å². The number of benzene rings is 2. The molecule has 24 heavy (non-hydrogen) atoms. The molecule has 0 bridgehead atoms. The minimum absolute atomic E-state index is 0.147. The molecule has 1 amide bonds. The average molecular weight is 332 g/mol. The van der Waals surface area contributed by atoms with Gasteiger partial charge in [0.25, 0.3) is 5.91 Å². The third-order valence-electron chi connectivity index (χ3n) is 3.57. The lowest BCUT2D eigenvalue weighted by atomic mass is 10.0. The molecule has 2 aromatic carbocycles. The van der Waals surface area contributed by atoms with Gasteiger partial charge in [-0.1, -0.05) is 17.3 Å². The van der Waals surface area contributed by atoms with Crippen LogP contribution in [0.3, 0.4) is 0 Å². The van der Waals surface area contributed by atoms with E-state index in [-0.39, 0.29) is 12.1 Å². The SMILES string of the molecule is COc1ccccc1C1=NOC(C(=O)Nc2ccc(F)c(F)c2)C1. The fraction of sp³-hybridized carbons (Fsp3) is 0.176. The lowest BCUT2D eigenvalue weighted by molar-refractivity contribution is -0.125. The second kappa shape index (κ2) is 6.66. The zero-order chi connectivity index (χ0) is 17.1. The minimum Gasteiger partial charge on any atom is -0.496 e. The highest BCUT2D eigenvalue weighted by Gasteiger charge is 2.30. The van der Waals surface area contributed by atoms with Crippen LogP contribution in [0.2, 0.25) is 0 Å². The van der Waals surface area contributed by atoms with E-state index in [0.29, 0.717) is 11.5 Å². The number of nitrogens with zero attached hydrogens (tertiary/aromatic N) is 1. The summed E-state index contributed by atoms with van der Waals surface area (Å²) in [5, 5.41) is 6.41. The Morgan fingerprint density at radius 3 is 2.79 bits per heavy atom. The van der Waals surface area contributed by atoms with Crippen LogP contribution in [0.25, 0.3) is 0 Å². The molecule has 1 aliphatic heterocycles. The maximum atomic E-state index is 13.2. The number of ether oxygens (including phenoxy) is 1. The molecular formula is C17H14F2N2O3. The van der Waals surface area contributed by atoms with Crippen molar-refractivity contribution in [3.8, 4) is 5.75 Å². The van der Waals surface area contributed by atoms with Gasteiger partial charge in [0.05, 0.1) is 12.8 Å². The van der Waals surface area contributed by atoms with Gasteiger partial charge in [-0.15, -0.1) is 0 Å². The molecular weight excluding hydrogens is 318 g/mol. The molecule has 0 aromatic heterocycles. The van der Waals surface area contributed by atoms with Crippen LogP contribution in [-0.4, -0.2) is 24.8 Å². The van der Waals surface area contributed by atoms with Crippen LogP contribution in [0.1, 0.15) is 12.0 Å². The summed E-state index contributed by atoms with van der Waals surface area (Å²) < 4.78 is 31.3. The first-order valence-electron chi connectivity index (χ1n) is 7.20. The molecule has 0 radical (unpaired) electrons. The third-order valence-corrected chi connectivity index (χ3v) is 3.57. The van der Waals surface area contributed by atoms with Crippen molar-refractivity contribution in [2.75, 3.05) is 12.4 Å². The molecule has 0 spiro atoms. The van der Waals surface area contributed by atoms with Crippen LogP contribution in [0.4, 0.5) is 14.5 Å². The summed E-state index contributed by atoms with van der Waals surface area (Å²) in [6.07, 6.45) is -0.603. The highest BCUT2D eigenvalue weighted by atomic mass is 19.2. The molecule has 5 nitrogen and oxygen atoms in total. The van der Waals surface area contributed by atoms with Crippen molar-refractivity contribution < 1.29 is 23.1 Å². The summed E-state index contributed by atoms with van der Waals surface area (Å²) in [4.78, 5) is 17.3. The Balaban J connectivity index is 1.68. The number of carbonyl (C=O) groups excluding carboxylic acids is 1. The Bertz CT molecular complexity index is 808.